The average molecular weight is 257 g/mol. The Morgan fingerprint density at radius 2 is 1.63 bits per heavy atom. The van der Waals surface area contributed by atoms with Gasteiger partial charge in [0.05, 0.1) is 5.97 Å². The number of carboxylic acids is 1. The van der Waals surface area contributed by atoms with Gasteiger partial charge >= 0.3 is 0 Å². The van der Waals surface area contributed by atoms with Crippen molar-refractivity contribution >= 4 is 5.97 Å². The lowest BCUT2D eigenvalue weighted by Crippen LogP contribution is -2.31. The predicted molar refractivity (Wildman–Crippen MR) is 72.3 cm³/mol. The molecule has 1 aromatic heterocycles. The molecule has 0 atom stereocenters. The number of nitrogens with zero attached hydrogens (tertiary/aromatic N) is 1. The maximum atomic E-state index is 10.1. The number of carbonyl (C=O) groups excluding carboxylic acids is 1. The predicted octanol–water partition coefficient (Wildman–Crippen LogP) is 1.82. The van der Waals surface area contributed by atoms with Crippen molar-refractivity contribution in [2.24, 2.45) is 0 Å². The van der Waals surface area contributed by atoms with Crippen LogP contribution in [-0.2, 0) is 6.54 Å². The number of rotatable bonds is 4. The Balaban J connectivity index is 0.000000191. The summed E-state index contributed by atoms with van der Waals surface area (Å²) in [6, 6.07) is 14.2. The average Bonchev–Trinajstić information content (AvgIpc) is 2.48. The van der Waals surface area contributed by atoms with Crippen LogP contribution in [0.5, 0.6) is 0 Å². The molecule has 0 N–H and O–H groups in total. The van der Waals surface area contributed by atoms with Crippen LogP contribution in [0.2, 0.25) is 0 Å². The van der Waals surface area contributed by atoms with E-state index in [2.05, 4.69) is 36.0 Å². The minimum absolute atomic E-state index is 0.220. The topological polar surface area (TPSA) is 44.0 Å². The molecule has 0 unspecified atom stereocenters. The number of unbranched alkanes of at least 4 members (excludes halogenated alkanes) is 1. The van der Waals surface area contributed by atoms with Crippen LogP contribution in [-0.4, -0.2) is 5.97 Å². The molecular formula is C16H19NO2. The Morgan fingerprint density at radius 1 is 1.05 bits per heavy atom. The zero-order valence-corrected chi connectivity index (χ0v) is 11.2. The zero-order valence-electron chi connectivity index (χ0n) is 11.2. The quantitative estimate of drug-likeness (QED) is 0.784. The minimum Gasteiger partial charge on any atom is -0.545 e. The van der Waals surface area contributed by atoms with Gasteiger partial charge in [0.25, 0.3) is 0 Å². The molecule has 0 fully saturated rings. The van der Waals surface area contributed by atoms with E-state index in [1.807, 2.05) is 6.07 Å². The Hall–Kier alpha value is -2.16. The third-order valence-corrected chi connectivity index (χ3v) is 2.56. The van der Waals surface area contributed by atoms with E-state index < -0.39 is 5.97 Å². The van der Waals surface area contributed by atoms with Gasteiger partial charge in [-0.2, -0.15) is 0 Å². The lowest BCUT2D eigenvalue weighted by Gasteiger charge is -1.97. The van der Waals surface area contributed by atoms with E-state index in [0.717, 1.165) is 6.54 Å². The van der Waals surface area contributed by atoms with Crippen molar-refractivity contribution in [2.45, 2.75) is 26.3 Å². The lowest BCUT2D eigenvalue weighted by atomic mass is 10.2. The maximum absolute atomic E-state index is 10.1. The summed E-state index contributed by atoms with van der Waals surface area (Å²) in [7, 11) is 0. The fourth-order valence-electron chi connectivity index (χ4n) is 1.50. The Morgan fingerprint density at radius 3 is 2.11 bits per heavy atom. The van der Waals surface area contributed by atoms with Crippen LogP contribution in [0.15, 0.2) is 60.9 Å². The first-order valence-electron chi connectivity index (χ1n) is 6.44. The largest absolute Gasteiger partial charge is 0.545 e. The summed E-state index contributed by atoms with van der Waals surface area (Å²) < 4.78 is 2.21. The number of aromatic carboxylic acids is 1. The van der Waals surface area contributed by atoms with E-state index >= 15 is 0 Å². The Kier molecular flexibility index (Phi) is 6.95. The number of aryl methyl sites for hydroxylation is 1. The van der Waals surface area contributed by atoms with Crippen molar-refractivity contribution in [3.05, 3.63) is 66.5 Å². The van der Waals surface area contributed by atoms with Crippen molar-refractivity contribution in [1.29, 1.82) is 0 Å². The number of aromatic nitrogens is 1. The van der Waals surface area contributed by atoms with Gasteiger partial charge in [-0.15, -0.1) is 0 Å². The van der Waals surface area contributed by atoms with Crippen LogP contribution in [0, 0.1) is 0 Å². The summed E-state index contributed by atoms with van der Waals surface area (Å²) >= 11 is 0. The van der Waals surface area contributed by atoms with Crippen molar-refractivity contribution in [1.82, 2.24) is 0 Å². The summed E-state index contributed by atoms with van der Waals surface area (Å²) in [6.07, 6.45) is 6.75. The van der Waals surface area contributed by atoms with Crippen LogP contribution in [0.1, 0.15) is 30.1 Å². The van der Waals surface area contributed by atoms with Gasteiger partial charge in [0.1, 0.15) is 6.54 Å². The molecule has 1 heterocycles. The molecule has 100 valence electrons. The molecule has 1 aromatic carbocycles. The Labute approximate surface area is 114 Å². The second-order valence-corrected chi connectivity index (χ2v) is 4.12. The molecule has 2 rings (SSSR count). The number of hydrogen-bond donors (Lipinski definition) is 0. The van der Waals surface area contributed by atoms with Gasteiger partial charge in [0, 0.05) is 18.6 Å². The van der Waals surface area contributed by atoms with Crippen LogP contribution in [0.3, 0.4) is 0 Å². The van der Waals surface area contributed by atoms with Crippen LogP contribution < -0.4 is 9.67 Å². The van der Waals surface area contributed by atoms with Crippen LogP contribution in [0.4, 0.5) is 0 Å². The van der Waals surface area contributed by atoms with E-state index in [-0.39, 0.29) is 5.56 Å². The summed E-state index contributed by atoms with van der Waals surface area (Å²) in [5, 5.41) is 10.1. The molecule has 19 heavy (non-hydrogen) atoms. The highest BCUT2D eigenvalue weighted by molar-refractivity contribution is 5.85. The SMILES string of the molecule is CCCC[n+]1ccccc1.O=C([O-])c1ccccc1. The second kappa shape index (κ2) is 8.86. The van der Waals surface area contributed by atoms with Gasteiger partial charge in [-0.1, -0.05) is 49.7 Å². The molecule has 0 aliphatic heterocycles. The number of carboxylic acid groups (broad SMARTS) is 1. The van der Waals surface area contributed by atoms with E-state index in [1.165, 1.54) is 25.0 Å². The van der Waals surface area contributed by atoms with Crippen LogP contribution >= 0.6 is 0 Å². The molecule has 3 heteroatoms. The summed E-state index contributed by atoms with van der Waals surface area (Å²) in [5.41, 5.74) is 0.220. The van der Waals surface area contributed by atoms with Crippen molar-refractivity contribution in [3.8, 4) is 0 Å². The standard InChI is InChI=1S/C9H14N.C7H6O2/c1-2-3-7-10-8-5-4-6-9-10;8-7(9)6-4-2-1-3-5-6/h4-6,8-9H,2-3,7H2,1H3;1-5H,(H,8,9)/q+1;/p-1. The molecule has 0 radical (unpaired) electrons. The Bertz CT molecular complexity index is 469. The van der Waals surface area contributed by atoms with Crippen molar-refractivity contribution in [3.63, 3.8) is 0 Å². The first-order chi connectivity index (χ1) is 9.24. The minimum atomic E-state index is -1.13. The van der Waals surface area contributed by atoms with E-state index in [9.17, 15) is 9.90 Å². The highest BCUT2D eigenvalue weighted by Gasteiger charge is 1.93. The first-order valence-corrected chi connectivity index (χ1v) is 6.44. The highest BCUT2D eigenvalue weighted by atomic mass is 16.4. The molecule has 0 amide bonds. The normalized spacial score (nSPS) is 9.32. The van der Waals surface area contributed by atoms with E-state index in [4.69, 9.17) is 0 Å². The van der Waals surface area contributed by atoms with Gasteiger partial charge in [-0.3, -0.25) is 0 Å². The molecule has 0 aliphatic carbocycles. The third kappa shape index (κ3) is 6.36. The molecule has 0 spiro atoms. The summed E-state index contributed by atoms with van der Waals surface area (Å²) in [4.78, 5) is 10.1. The molecule has 0 bridgehead atoms. The van der Waals surface area contributed by atoms with Gasteiger partial charge < -0.3 is 9.90 Å². The fourth-order valence-corrected chi connectivity index (χ4v) is 1.50. The fraction of sp³-hybridized carbons (Fsp3) is 0.250. The monoisotopic (exact) mass is 257 g/mol. The van der Waals surface area contributed by atoms with Gasteiger partial charge in [0.15, 0.2) is 12.4 Å². The highest BCUT2D eigenvalue weighted by Crippen LogP contribution is 1.94. The molecular weight excluding hydrogens is 238 g/mol. The maximum Gasteiger partial charge on any atom is 0.168 e. The van der Waals surface area contributed by atoms with Gasteiger partial charge in [-0.05, 0) is 5.56 Å². The second-order valence-electron chi connectivity index (χ2n) is 4.12. The molecule has 2 aromatic rings. The lowest BCUT2D eigenvalue weighted by molar-refractivity contribution is -0.697. The van der Waals surface area contributed by atoms with Crippen molar-refractivity contribution < 1.29 is 14.5 Å². The first kappa shape index (κ1) is 14.9. The molecule has 0 saturated carbocycles. The number of hydrogen-bond acceptors (Lipinski definition) is 2. The van der Waals surface area contributed by atoms with E-state index in [1.54, 1.807) is 18.2 Å². The van der Waals surface area contributed by atoms with Gasteiger partial charge in [-0.25, -0.2) is 4.57 Å². The molecule has 3 nitrogen and oxygen atoms in total. The summed E-state index contributed by atoms with van der Waals surface area (Å²) in [6.45, 7) is 3.36. The number of benzene rings is 1. The molecule has 0 saturated heterocycles. The summed E-state index contributed by atoms with van der Waals surface area (Å²) in [5.74, 6) is -1.13. The third-order valence-electron chi connectivity index (χ3n) is 2.56. The zero-order chi connectivity index (χ0) is 13.9. The molecule has 0 aliphatic rings. The van der Waals surface area contributed by atoms with Crippen LogP contribution in [0.25, 0.3) is 0 Å². The van der Waals surface area contributed by atoms with Crippen molar-refractivity contribution in [2.75, 3.05) is 0 Å². The number of carbonyl (C=O) groups is 1. The smallest absolute Gasteiger partial charge is 0.168 e. The van der Waals surface area contributed by atoms with Gasteiger partial charge in [0.2, 0.25) is 0 Å². The van der Waals surface area contributed by atoms with E-state index in [0.29, 0.717) is 0 Å². The number of pyridine rings is 1.